The fourth-order valence-corrected chi connectivity index (χ4v) is 3.14. The van der Waals surface area contributed by atoms with E-state index < -0.39 is 25.6 Å². The van der Waals surface area contributed by atoms with Crippen LogP contribution in [0.25, 0.3) is 0 Å². The van der Waals surface area contributed by atoms with Crippen molar-refractivity contribution in [2.75, 3.05) is 6.61 Å². The molecule has 8 nitrogen and oxygen atoms in total. The minimum Gasteiger partial charge on any atom is -0.493 e. The Bertz CT molecular complexity index is 893. The lowest BCUT2D eigenvalue weighted by atomic mass is 10.2. The Morgan fingerprint density at radius 1 is 1.16 bits per heavy atom. The predicted molar refractivity (Wildman–Crippen MR) is 88.3 cm³/mol. The molecule has 9 heteroatoms. The fraction of sp³-hybridized carbons (Fsp3) is 0.188. The summed E-state index contributed by atoms with van der Waals surface area (Å²) < 4.78 is 35.2. The van der Waals surface area contributed by atoms with Crippen molar-refractivity contribution in [3.63, 3.8) is 0 Å². The van der Waals surface area contributed by atoms with Gasteiger partial charge in [0.25, 0.3) is 5.69 Å². The fourth-order valence-electron chi connectivity index (χ4n) is 2.06. The van der Waals surface area contributed by atoms with Gasteiger partial charge >= 0.3 is 10.1 Å². The van der Waals surface area contributed by atoms with E-state index in [-0.39, 0.29) is 18.8 Å². The average Bonchev–Trinajstić information content (AvgIpc) is 2.54. The first kappa shape index (κ1) is 18.4. The molecule has 0 N–H and O–H groups in total. The van der Waals surface area contributed by atoms with Crippen molar-refractivity contribution in [2.45, 2.75) is 18.2 Å². The van der Waals surface area contributed by atoms with Crippen LogP contribution in [0.5, 0.6) is 11.5 Å². The number of benzene rings is 2. The normalized spacial score (nSPS) is 10.9. The monoisotopic (exact) mass is 365 g/mol. The third-order valence-corrected chi connectivity index (χ3v) is 4.36. The molecule has 0 spiro atoms. The van der Waals surface area contributed by atoms with Crippen molar-refractivity contribution in [1.82, 2.24) is 0 Å². The molecule has 0 aliphatic heterocycles. The smallest absolute Gasteiger partial charge is 0.346 e. The number of para-hydroxylation sites is 1. The molecule has 0 bridgehead atoms. The maximum atomic E-state index is 12.4. The van der Waals surface area contributed by atoms with E-state index in [1.807, 2.05) is 0 Å². The number of carbonyl (C=O) groups is 1. The number of nitrogens with zero attached hydrogens (tertiary/aromatic N) is 1. The van der Waals surface area contributed by atoms with Crippen molar-refractivity contribution >= 4 is 22.1 Å². The largest absolute Gasteiger partial charge is 0.493 e. The number of nitro groups is 1. The summed E-state index contributed by atoms with van der Waals surface area (Å²) in [4.78, 5) is 20.0. The molecule has 0 atom stereocenters. The summed E-state index contributed by atoms with van der Waals surface area (Å²) in [7, 11) is -4.40. The van der Waals surface area contributed by atoms with E-state index in [2.05, 4.69) is 0 Å². The van der Waals surface area contributed by atoms with Crippen LogP contribution in [0.4, 0.5) is 5.69 Å². The lowest BCUT2D eigenvalue weighted by Crippen LogP contribution is -2.12. The molecule has 2 rings (SSSR count). The molecular formula is C16H15NO7S. The summed E-state index contributed by atoms with van der Waals surface area (Å²) in [6, 6.07) is 9.36. The number of carbonyl (C=O) groups excluding carboxylic acids is 1. The first-order chi connectivity index (χ1) is 11.8. The molecule has 0 fully saturated rings. The Labute approximate surface area is 144 Å². The van der Waals surface area contributed by atoms with Crippen LogP contribution in [0, 0.1) is 17.0 Å². The van der Waals surface area contributed by atoms with Gasteiger partial charge < -0.3 is 13.7 Å². The van der Waals surface area contributed by atoms with Crippen molar-refractivity contribution < 1.29 is 27.1 Å². The third-order valence-electron chi connectivity index (χ3n) is 3.07. The molecule has 0 unspecified atom stereocenters. The number of aryl methyl sites for hydroxylation is 1. The molecule has 0 amide bonds. The minimum atomic E-state index is -4.40. The highest BCUT2D eigenvalue weighted by Crippen LogP contribution is 2.29. The molecule has 2 aromatic carbocycles. The second kappa shape index (κ2) is 7.75. The summed E-state index contributed by atoms with van der Waals surface area (Å²) in [5, 5.41) is 11.0. The highest BCUT2D eigenvalue weighted by Gasteiger charge is 2.27. The summed E-state index contributed by atoms with van der Waals surface area (Å²) in [6.45, 7) is 1.85. The zero-order valence-corrected chi connectivity index (χ0v) is 14.1. The number of aldehydes is 1. The first-order valence-corrected chi connectivity index (χ1v) is 8.60. The maximum Gasteiger partial charge on any atom is 0.346 e. The van der Waals surface area contributed by atoms with Gasteiger partial charge in [0.05, 0.1) is 11.5 Å². The SMILES string of the molecule is Cc1cc(OCCC=O)cc(OS(=O)(=O)c2ccccc2[N+](=O)[O-])c1. The van der Waals surface area contributed by atoms with Crippen molar-refractivity contribution in [1.29, 1.82) is 0 Å². The Balaban J connectivity index is 2.32. The molecule has 25 heavy (non-hydrogen) atoms. The van der Waals surface area contributed by atoms with E-state index in [1.54, 1.807) is 13.0 Å². The van der Waals surface area contributed by atoms with Crippen molar-refractivity contribution in [2.24, 2.45) is 0 Å². The van der Waals surface area contributed by atoms with E-state index in [1.165, 1.54) is 24.3 Å². The number of hydrogen-bond donors (Lipinski definition) is 0. The van der Waals surface area contributed by atoms with E-state index >= 15 is 0 Å². The summed E-state index contributed by atoms with van der Waals surface area (Å²) >= 11 is 0. The highest BCUT2D eigenvalue weighted by molar-refractivity contribution is 7.87. The van der Waals surface area contributed by atoms with E-state index in [0.29, 0.717) is 17.6 Å². The Hall–Kier alpha value is -2.94. The van der Waals surface area contributed by atoms with Crippen LogP contribution in [0.1, 0.15) is 12.0 Å². The molecule has 0 aliphatic rings. The second-order valence-electron chi connectivity index (χ2n) is 5.05. The summed E-state index contributed by atoms with van der Waals surface area (Å²) in [5.74, 6) is 0.286. The van der Waals surface area contributed by atoms with Gasteiger partial charge in [0.2, 0.25) is 0 Å². The van der Waals surface area contributed by atoms with Crippen LogP contribution in [-0.2, 0) is 14.9 Å². The quantitative estimate of drug-likeness (QED) is 0.232. The van der Waals surface area contributed by atoms with E-state index in [0.717, 1.165) is 12.1 Å². The van der Waals surface area contributed by atoms with Gasteiger partial charge in [-0.3, -0.25) is 10.1 Å². The molecule has 0 heterocycles. The van der Waals surface area contributed by atoms with Crippen LogP contribution in [-0.4, -0.2) is 26.2 Å². The van der Waals surface area contributed by atoms with Crippen molar-refractivity contribution in [3.05, 3.63) is 58.1 Å². The van der Waals surface area contributed by atoms with Gasteiger partial charge in [-0.15, -0.1) is 0 Å². The van der Waals surface area contributed by atoms with Gasteiger partial charge in [0.15, 0.2) is 4.90 Å². The van der Waals surface area contributed by atoms with Gasteiger partial charge in [-0.1, -0.05) is 12.1 Å². The van der Waals surface area contributed by atoms with Crippen molar-refractivity contribution in [3.8, 4) is 11.5 Å². The standard InChI is InChI=1S/C16H15NO7S/c1-12-9-13(23-8-4-7-18)11-14(10-12)24-25(21,22)16-6-3-2-5-15(16)17(19)20/h2-3,5-7,9-11H,4,8H2,1H3. The molecule has 0 aromatic heterocycles. The van der Waals surface area contributed by atoms with Crippen LogP contribution in [0.3, 0.4) is 0 Å². The Kier molecular flexibility index (Phi) is 5.71. The third kappa shape index (κ3) is 4.77. The topological polar surface area (TPSA) is 113 Å². The maximum absolute atomic E-state index is 12.4. The van der Waals surface area contributed by atoms with Crippen LogP contribution in [0.15, 0.2) is 47.4 Å². The molecular weight excluding hydrogens is 350 g/mol. The van der Waals surface area contributed by atoms with Crippen LogP contribution >= 0.6 is 0 Å². The van der Waals surface area contributed by atoms with Crippen LogP contribution < -0.4 is 8.92 Å². The molecule has 0 saturated heterocycles. The molecule has 0 radical (unpaired) electrons. The highest BCUT2D eigenvalue weighted by atomic mass is 32.2. The molecule has 0 saturated carbocycles. The first-order valence-electron chi connectivity index (χ1n) is 7.19. The Morgan fingerprint density at radius 3 is 2.52 bits per heavy atom. The molecule has 2 aromatic rings. The number of rotatable bonds is 8. The lowest BCUT2D eigenvalue weighted by Gasteiger charge is -2.11. The molecule has 132 valence electrons. The average molecular weight is 365 g/mol. The van der Waals surface area contributed by atoms with E-state index in [9.17, 15) is 23.3 Å². The summed E-state index contributed by atoms with van der Waals surface area (Å²) in [5.41, 5.74) is 0.0916. The van der Waals surface area contributed by atoms with E-state index in [4.69, 9.17) is 8.92 Å². The zero-order valence-electron chi connectivity index (χ0n) is 13.2. The number of ether oxygens (including phenoxy) is 1. The van der Waals surface area contributed by atoms with Gasteiger partial charge in [0.1, 0.15) is 17.8 Å². The van der Waals surface area contributed by atoms with Gasteiger partial charge in [-0.2, -0.15) is 8.42 Å². The Morgan fingerprint density at radius 2 is 1.84 bits per heavy atom. The van der Waals surface area contributed by atoms with Gasteiger partial charge in [-0.25, -0.2) is 0 Å². The lowest BCUT2D eigenvalue weighted by molar-refractivity contribution is -0.387. The molecule has 0 aliphatic carbocycles. The summed E-state index contributed by atoms with van der Waals surface area (Å²) in [6.07, 6.45) is 0.894. The number of hydrogen-bond acceptors (Lipinski definition) is 7. The van der Waals surface area contributed by atoms with Gasteiger partial charge in [0, 0.05) is 18.6 Å². The minimum absolute atomic E-state index is 0.0424. The second-order valence-corrected chi connectivity index (χ2v) is 6.56. The van der Waals surface area contributed by atoms with Gasteiger partial charge in [-0.05, 0) is 30.7 Å². The predicted octanol–water partition coefficient (Wildman–Crippen LogP) is 2.64. The zero-order chi connectivity index (χ0) is 18.4. The van der Waals surface area contributed by atoms with Crippen LogP contribution in [0.2, 0.25) is 0 Å². The number of nitro benzene ring substituents is 1.